The molecule has 19 heavy (non-hydrogen) atoms. The van der Waals surface area contributed by atoms with Gasteiger partial charge >= 0.3 is 6.09 Å². The van der Waals surface area contributed by atoms with Crippen LogP contribution in [0.25, 0.3) is 6.08 Å². The summed E-state index contributed by atoms with van der Waals surface area (Å²) >= 11 is 5.88. The van der Waals surface area contributed by atoms with Crippen LogP contribution in [0.2, 0.25) is 5.02 Å². The lowest BCUT2D eigenvalue weighted by atomic mass is 10.2. The summed E-state index contributed by atoms with van der Waals surface area (Å²) in [5.74, 6) is 0. The summed E-state index contributed by atoms with van der Waals surface area (Å²) in [4.78, 5) is 11.4. The number of benzene rings is 1. The summed E-state index contributed by atoms with van der Waals surface area (Å²) in [6.07, 6.45) is 4.32. The fourth-order valence-corrected chi connectivity index (χ4v) is 1.60. The van der Waals surface area contributed by atoms with Gasteiger partial charge in [-0.1, -0.05) is 35.9 Å². The monoisotopic (exact) mass is 281 g/mol. The van der Waals surface area contributed by atoms with Crippen LogP contribution in [-0.4, -0.2) is 18.2 Å². The second kappa shape index (κ2) is 7.19. The molecule has 0 fully saturated rings. The SMILES string of the molecule is CC(C)(C)OC(=O)NCCC=Cc1cccc(Cl)c1. The Morgan fingerprint density at radius 1 is 1.42 bits per heavy atom. The number of amides is 1. The van der Waals surface area contributed by atoms with E-state index in [1.807, 2.05) is 57.2 Å². The summed E-state index contributed by atoms with van der Waals surface area (Å²) in [7, 11) is 0. The minimum absolute atomic E-state index is 0.386. The minimum Gasteiger partial charge on any atom is -0.444 e. The Bertz CT molecular complexity index is 450. The molecule has 1 N–H and O–H groups in total. The zero-order chi connectivity index (χ0) is 14.3. The fourth-order valence-electron chi connectivity index (χ4n) is 1.40. The van der Waals surface area contributed by atoms with E-state index in [1.54, 1.807) is 0 Å². The second-order valence-corrected chi connectivity index (χ2v) is 5.61. The Balaban J connectivity index is 2.26. The van der Waals surface area contributed by atoms with Crippen LogP contribution in [0.15, 0.2) is 30.3 Å². The highest BCUT2D eigenvalue weighted by atomic mass is 35.5. The molecule has 0 spiro atoms. The van der Waals surface area contributed by atoms with Gasteiger partial charge in [-0.15, -0.1) is 0 Å². The molecule has 104 valence electrons. The number of hydrogen-bond donors (Lipinski definition) is 1. The maximum absolute atomic E-state index is 11.4. The topological polar surface area (TPSA) is 38.3 Å². The number of alkyl carbamates (subject to hydrolysis) is 1. The first-order valence-electron chi connectivity index (χ1n) is 6.26. The van der Waals surface area contributed by atoms with Crippen molar-refractivity contribution in [1.29, 1.82) is 0 Å². The average Bonchev–Trinajstić information content (AvgIpc) is 2.26. The van der Waals surface area contributed by atoms with Crippen molar-refractivity contribution in [3.63, 3.8) is 0 Å². The predicted molar refractivity (Wildman–Crippen MR) is 79.3 cm³/mol. The van der Waals surface area contributed by atoms with E-state index in [2.05, 4.69) is 5.32 Å². The molecule has 3 nitrogen and oxygen atoms in total. The first kappa shape index (κ1) is 15.6. The van der Waals surface area contributed by atoms with Gasteiger partial charge < -0.3 is 10.1 Å². The van der Waals surface area contributed by atoms with Crippen LogP contribution in [0.5, 0.6) is 0 Å². The van der Waals surface area contributed by atoms with Crippen LogP contribution < -0.4 is 5.32 Å². The molecular formula is C15H20ClNO2. The number of carbonyl (C=O) groups is 1. The zero-order valence-corrected chi connectivity index (χ0v) is 12.3. The molecule has 1 rings (SSSR count). The van der Waals surface area contributed by atoms with Crippen molar-refractivity contribution in [3.05, 3.63) is 40.9 Å². The van der Waals surface area contributed by atoms with Gasteiger partial charge in [0.1, 0.15) is 5.60 Å². The van der Waals surface area contributed by atoms with E-state index in [-0.39, 0.29) is 6.09 Å². The largest absolute Gasteiger partial charge is 0.444 e. The Morgan fingerprint density at radius 2 is 2.16 bits per heavy atom. The standard InChI is InChI=1S/C15H20ClNO2/c1-15(2,3)19-14(18)17-10-5-4-7-12-8-6-9-13(16)11-12/h4,6-9,11H,5,10H2,1-3H3,(H,17,18). The van der Waals surface area contributed by atoms with Gasteiger partial charge in [0.15, 0.2) is 0 Å². The summed E-state index contributed by atoms with van der Waals surface area (Å²) in [5.41, 5.74) is 0.588. The third kappa shape index (κ3) is 7.52. The van der Waals surface area contributed by atoms with Gasteiger partial charge in [0.05, 0.1) is 0 Å². The quantitative estimate of drug-likeness (QED) is 0.837. The summed E-state index contributed by atoms with van der Waals surface area (Å²) in [5, 5.41) is 3.42. The molecule has 1 amide bonds. The third-order valence-corrected chi connectivity index (χ3v) is 2.37. The number of halogens is 1. The number of rotatable bonds is 4. The maximum Gasteiger partial charge on any atom is 0.407 e. The van der Waals surface area contributed by atoms with Crippen molar-refractivity contribution < 1.29 is 9.53 Å². The van der Waals surface area contributed by atoms with E-state index < -0.39 is 5.60 Å². The lowest BCUT2D eigenvalue weighted by molar-refractivity contribution is 0.0529. The van der Waals surface area contributed by atoms with Crippen LogP contribution in [0, 0.1) is 0 Å². The van der Waals surface area contributed by atoms with Crippen molar-refractivity contribution >= 4 is 23.8 Å². The van der Waals surface area contributed by atoms with E-state index in [4.69, 9.17) is 16.3 Å². The number of ether oxygens (including phenoxy) is 1. The average molecular weight is 282 g/mol. The molecule has 0 saturated heterocycles. The molecular weight excluding hydrogens is 262 g/mol. The lowest BCUT2D eigenvalue weighted by Crippen LogP contribution is -2.32. The van der Waals surface area contributed by atoms with Gasteiger partial charge in [-0.3, -0.25) is 0 Å². The molecule has 0 saturated carbocycles. The molecule has 0 aliphatic carbocycles. The van der Waals surface area contributed by atoms with E-state index in [0.29, 0.717) is 11.6 Å². The number of nitrogens with one attached hydrogen (secondary N) is 1. The van der Waals surface area contributed by atoms with Gasteiger partial charge in [0.2, 0.25) is 0 Å². The normalized spacial score (nSPS) is 11.6. The molecule has 0 unspecified atom stereocenters. The zero-order valence-electron chi connectivity index (χ0n) is 11.6. The van der Waals surface area contributed by atoms with Gasteiger partial charge in [-0.05, 0) is 44.9 Å². The molecule has 0 heterocycles. The van der Waals surface area contributed by atoms with Gasteiger partial charge in [-0.25, -0.2) is 4.79 Å². The Labute approximate surface area is 119 Å². The van der Waals surface area contributed by atoms with Gasteiger partial charge in [-0.2, -0.15) is 0 Å². The molecule has 4 heteroatoms. The Morgan fingerprint density at radius 3 is 2.79 bits per heavy atom. The number of hydrogen-bond acceptors (Lipinski definition) is 2. The van der Waals surface area contributed by atoms with E-state index in [1.165, 1.54) is 0 Å². The molecule has 0 aromatic heterocycles. The summed E-state index contributed by atoms with van der Waals surface area (Å²) in [6.45, 7) is 6.06. The van der Waals surface area contributed by atoms with Crippen LogP contribution in [-0.2, 0) is 4.74 Å². The van der Waals surface area contributed by atoms with Crippen LogP contribution in [0.1, 0.15) is 32.8 Å². The van der Waals surface area contributed by atoms with Crippen molar-refractivity contribution in [2.24, 2.45) is 0 Å². The van der Waals surface area contributed by atoms with Crippen molar-refractivity contribution in [1.82, 2.24) is 5.32 Å². The van der Waals surface area contributed by atoms with Gasteiger partial charge in [0.25, 0.3) is 0 Å². The number of carbonyl (C=O) groups excluding carboxylic acids is 1. The van der Waals surface area contributed by atoms with Gasteiger partial charge in [0, 0.05) is 11.6 Å². The lowest BCUT2D eigenvalue weighted by Gasteiger charge is -2.19. The fraction of sp³-hybridized carbons (Fsp3) is 0.400. The van der Waals surface area contributed by atoms with E-state index >= 15 is 0 Å². The first-order valence-corrected chi connectivity index (χ1v) is 6.63. The van der Waals surface area contributed by atoms with Crippen molar-refractivity contribution in [2.75, 3.05) is 6.54 Å². The van der Waals surface area contributed by atoms with Crippen LogP contribution in [0.3, 0.4) is 0 Å². The van der Waals surface area contributed by atoms with Crippen LogP contribution >= 0.6 is 11.6 Å². The first-order chi connectivity index (χ1) is 8.87. The maximum atomic E-state index is 11.4. The highest BCUT2D eigenvalue weighted by molar-refractivity contribution is 6.30. The molecule has 0 aliphatic heterocycles. The third-order valence-electron chi connectivity index (χ3n) is 2.14. The molecule has 0 bridgehead atoms. The van der Waals surface area contributed by atoms with E-state index in [0.717, 1.165) is 12.0 Å². The Kier molecular flexibility index (Phi) is 5.90. The molecule has 0 atom stereocenters. The Hall–Kier alpha value is -1.48. The van der Waals surface area contributed by atoms with Crippen molar-refractivity contribution in [2.45, 2.75) is 32.8 Å². The summed E-state index contributed by atoms with van der Waals surface area (Å²) < 4.78 is 5.13. The minimum atomic E-state index is -0.458. The molecule has 0 radical (unpaired) electrons. The predicted octanol–water partition coefficient (Wildman–Crippen LogP) is 4.27. The highest BCUT2D eigenvalue weighted by Gasteiger charge is 2.14. The molecule has 1 aromatic rings. The molecule has 1 aromatic carbocycles. The molecule has 0 aliphatic rings. The van der Waals surface area contributed by atoms with Crippen LogP contribution in [0.4, 0.5) is 4.79 Å². The summed E-state index contributed by atoms with van der Waals surface area (Å²) in [6, 6.07) is 7.60. The van der Waals surface area contributed by atoms with Crippen molar-refractivity contribution in [3.8, 4) is 0 Å². The highest BCUT2D eigenvalue weighted by Crippen LogP contribution is 2.12. The van der Waals surface area contributed by atoms with E-state index in [9.17, 15) is 4.79 Å². The second-order valence-electron chi connectivity index (χ2n) is 5.17. The smallest absolute Gasteiger partial charge is 0.407 e.